The maximum atomic E-state index is 12.3. The smallest absolute Gasteiger partial charge is 0.416 e. The van der Waals surface area contributed by atoms with Crippen LogP contribution in [0.4, 0.5) is 13.2 Å². The summed E-state index contributed by atoms with van der Waals surface area (Å²) < 4.78 is 36.9. The zero-order chi connectivity index (χ0) is 15.3. The highest BCUT2D eigenvalue weighted by molar-refractivity contribution is 5.84. The van der Waals surface area contributed by atoms with Crippen LogP contribution in [0.3, 0.4) is 0 Å². The van der Waals surface area contributed by atoms with Gasteiger partial charge in [-0.25, -0.2) is 4.79 Å². The number of aliphatic carboxylic acids is 1. The number of halogens is 3. The van der Waals surface area contributed by atoms with Gasteiger partial charge in [-0.05, 0) is 17.7 Å². The minimum Gasteiger partial charge on any atom is -0.480 e. The first-order valence-corrected chi connectivity index (χ1v) is 5.53. The van der Waals surface area contributed by atoms with Gasteiger partial charge in [0.1, 0.15) is 6.04 Å². The molecule has 1 amide bonds. The number of amides is 1. The third-order valence-corrected chi connectivity index (χ3v) is 2.46. The highest BCUT2D eigenvalue weighted by Crippen LogP contribution is 2.29. The molecule has 0 saturated heterocycles. The van der Waals surface area contributed by atoms with Crippen molar-refractivity contribution in [2.45, 2.75) is 18.6 Å². The number of hydrogen-bond donors (Lipinski definition) is 3. The third-order valence-electron chi connectivity index (χ3n) is 2.46. The zero-order valence-corrected chi connectivity index (χ0v) is 10.1. The average Bonchev–Trinajstić information content (AvgIpc) is 2.35. The number of hydrogen-bond acceptors (Lipinski definition) is 3. The standard InChI is InChI=1S/C12H12F3NO4/c13-12(14,15)8-3-1-7(2-4-8)5-10(18)16-9(6-17)11(19)20/h1-4,9,17H,5-6H2,(H,16,18)(H,19,20). The summed E-state index contributed by atoms with van der Waals surface area (Å²) in [5.41, 5.74) is -0.530. The molecule has 0 radical (unpaired) electrons. The summed E-state index contributed by atoms with van der Waals surface area (Å²) in [4.78, 5) is 22.0. The van der Waals surface area contributed by atoms with Crippen LogP contribution < -0.4 is 5.32 Å². The molecule has 0 bridgehead atoms. The molecule has 0 aromatic heterocycles. The van der Waals surface area contributed by atoms with Crippen molar-refractivity contribution in [3.05, 3.63) is 35.4 Å². The Kier molecular flexibility index (Phi) is 5.09. The zero-order valence-electron chi connectivity index (χ0n) is 10.1. The monoisotopic (exact) mass is 291 g/mol. The minimum atomic E-state index is -4.45. The predicted octanol–water partition coefficient (Wildman–Crippen LogP) is 0.810. The van der Waals surface area contributed by atoms with E-state index < -0.39 is 36.3 Å². The molecule has 0 saturated carbocycles. The first-order valence-electron chi connectivity index (χ1n) is 5.53. The summed E-state index contributed by atoms with van der Waals surface area (Å²) in [5.74, 6) is -2.10. The summed E-state index contributed by atoms with van der Waals surface area (Å²) in [7, 11) is 0. The Balaban J connectivity index is 2.65. The largest absolute Gasteiger partial charge is 0.480 e. The number of aliphatic hydroxyl groups excluding tert-OH is 1. The van der Waals surface area contributed by atoms with E-state index in [2.05, 4.69) is 0 Å². The van der Waals surface area contributed by atoms with E-state index in [1.807, 2.05) is 5.32 Å². The summed E-state index contributed by atoms with van der Waals surface area (Å²) in [6.45, 7) is -0.770. The minimum absolute atomic E-state index is 0.276. The van der Waals surface area contributed by atoms with Crippen molar-refractivity contribution in [1.29, 1.82) is 0 Å². The number of carbonyl (C=O) groups excluding carboxylic acids is 1. The van der Waals surface area contributed by atoms with Crippen LogP contribution in [-0.2, 0) is 22.2 Å². The molecule has 5 nitrogen and oxygen atoms in total. The Morgan fingerprint density at radius 2 is 1.75 bits per heavy atom. The molecular weight excluding hydrogens is 279 g/mol. The second-order valence-corrected chi connectivity index (χ2v) is 4.01. The molecule has 0 aliphatic carbocycles. The van der Waals surface area contributed by atoms with E-state index in [9.17, 15) is 22.8 Å². The van der Waals surface area contributed by atoms with Crippen molar-refractivity contribution < 1.29 is 33.0 Å². The fourth-order valence-corrected chi connectivity index (χ4v) is 1.43. The highest BCUT2D eigenvalue weighted by Gasteiger charge is 2.30. The lowest BCUT2D eigenvalue weighted by atomic mass is 10.1. The SMILES string of the molecule is O=C(Cc1ccc(C(F)(F)F)cc1)NC(CO)C(=O)O. The Labute approximate surface area is 112 Å². The molecule has 3 N–H and O–H groups in total. The normalized spacial score (nSPS) is 12.8. The molecule has 110 valence electrons. The van der Waals surface area contributed by atoms with Crippen LogP contribution in [0.5, 0.6) is 0 Å². The molecule has 0 fully saturated rings. The molecule has 8 heteroatoms. The number of carboxylic acid groups (broad SMARTS) is 1. The number of benzene rings is 1. The number of alkyl halides is 3. The first-order chi connectivity index (χ1) is 9.24. The number of rotatable bonds is 5. The fourth-order valence-electron chi connectivity index (χ4n) is 1.43. The van der Waals surface area contributed by atoms with Crippen molar-refractivity contribution in [3.63, 3.8) is 0 Å². The number of nitrogens with one attached hydrogen (secondary N) is 1. The second-order valence-electron chi connectivity index (χ2n) is 4.01. The van der Waals surface area contributed by atoms with Gasteiger partial charge >= 0.3 is 12.1 Å². The number of aliphatic hydroxyl groups is 1. The quantitative estimate of drug-likeness (QED) is 0.749. The fraction of sp³-hybridized carbons (Fsp3) is 0.333. The van der Waals surface area contributed by atoms with Crippen LogP contribution >= 0.6 is 0 Å². The highest BCUT2D eigenvalue weighted by atomic mass is 19.4. The molecule has 0 aliphatic heterocycles. The van der Waals surface area contributed by atoms with E-state index in [-0.39, 0.29) is 6.42 Å². The Morgan fingerprint density at radius 1 is 1.20 bits per heavy atom. The van der Waals surface area contributed by atoms with E-state index in [0.29, 0.717) is 5.56 Å². The molecule has 1 atom stereocenters. The van der Waals surface area contributed by atoms with Crippen molar-refractivity contribution in [2.24, 2.45) is 0 Å². The molecule has 1 unspecified atom stereocenters. The maximum Gasteiger partial charge on any atom is 0.416 e. The van der Waals surface area contributed by atoms with Crippen LogP contribution in [-0.4, -0.2) is 34.7 Å². The lowest BCUT2D eigenvalue weighted by Crippen LogP contribution is -2.43. The van der Waals surface area contributed by atoms with E-state index in [4.69, 9.17) is 10.2 Å². The summed E-state index contributed by atoms with van der Waals surface area (Å²) >= 11 is 0. The first kappa shape index (κ1) is 16.0. The predicted molar refractivity (Wildman–Crippen MR) is 61.8 cm³/mol. The van der Waals surface area contributed by atoms with Gasteiger partial charge in [0.2, 0.25) is 5.91 Å². The van der Waals surface area contributed by atoms with Crippen molar-refractivity contribution in [2.75, 3.05) is 6.61 Å². The molecule has 0 spiro atoms. The van der Waals surface area contributed by atoms with Gasteiger partial charge in [-0.1, -0.05) is 12.1 Å². The average molecular weight is 291 g/mol. The van der Waals surface area contributed by atoms with E-state index in [1.165, 1.54) is 0 Å². The molecule has 1 aromatic carbocycles. The topological polar surface area (TPSA) is 86.6 Å². The lowest BCUT2D eigenvalue weighted by molar-refractivity contribution is -0.142. The molecule has 0 heterocycles. The Morgan fingerprint density at radius 3 is 2.15 bits per heavy atom. The molecular formula is C12H12F3NO4. The van der Waals surface area contributed by atoms with Crippen molar-refractivity contribution in [1.82, 2.24) is 5.32 Å². The van der Waals surface area contributed by atoms with Crippen LogP contribution in [0, 0.1) is 0 Å². The maximum absolute atomic E-state index is 12.3. The van der Waals surface area contributed by atoms with Crippen LogP contribution in [0.25, 0.3) is 0 Å². The van der Waals surface area contributed by atoms with Gasteiger partial charge in [-0.15, -0.1) is 0 Å². The van der Waals surface area contributed by atoms with Gasteiger partial charge in [-0.3, -0.25) is 4.79 Å². The van der Waals surface area contributed by atoms with Crippen molar-refractivity contribution in [3.8, 4) is 0 Å². The lowest BCUT2D eigenvalue weighted by Gasteiger charge is -2.12. The Hall–Kier alpha value is -2.09. The molecule has 20 heavy (non-hydrogen) atoms. The van der Waals surface area contributed by atoms with E-state index in [1.54, 1.807) is 0 Å². The summed E-state index contributed by atoms with van der Waals surface area (Å²) in [5, 5.41) is 19.4. The molecule has 1 rings (SSSR count). The van der Waals surface area contributed by atoms with Crippen molar-refractivity contribution >= 4 is 11.9 Å². The number of carbonyl (C=O) groups is 2. The van der Waals surface area contributed by atoms with Gasteiger partial charge in [0.15, 0.2) is 0 Å². The summed E-state index contributed by atoms with van der Waals surface area (Å²) in [6.07, 6.45) is -4.73. The van der Waals surface area contributed by atoms with Crippen LogP contribution in [0.15, 0.2) is 24.3 Å². The second kappa shape index (κ2) is 6.38. The van der Waals surface area contributed by atoms with Gasteiger partial charge in [0.05, 0.1) is 18.6 Å². The van der Waals surface area contributed by atoms with Crippen LogP contribution in [0.1, 0.15) is 11.1 Å². The van der Waals surface area contributed by atoms with Crippen LogP contribution in [0.2, 0.25) is 0 Å². The summed E-state index contributed by atoms with van der Waals surface area (Å²) in [6, 6.07) is 2.51. The van der Waals surface area contributed by atoms with E-state index in [0.717, 1.165) is 24.3 Å². The van der Waals surface area contributed by atoms with Gasteiger partial charge in [-0.2, -0.15) is 13.2 Å². The van der Waals surface area contributed by atoms with Gasteiger partial charge in [0.25, 0.3) is 0 Å². The number of carboxylic acids is 1. The van der Waals surface area contributed by atoms with Gasteiger partial charge in [0, 0.05) is 0 Å². The Bertz CT molecular complexity index is 484. The third kappa shape index (κ3) is 4.54. The van der Waals surface area contributed by atoms with E-state index >= 15 is 0 Å². The molecule has 0 aliphatic rings. The van der Waals surface area contributed by atoms with Gasteiger partial charge < -0.3 is 15.5 Å². The molecule has 1 aromatic rings.